The first-order chi connectivity index (χ1) is 10.1. The van der Waals surface area contributed by atoms with E-state index >= 15 is 0 Å². The van der Waals surface area contributed by atoms with Crippen LogP contribution in [0.2, 0.25) is 0 Å². The van der Waals surface area contributed by atoms with Gasteiger partial charge in [-0.2, -0.15) is 0 Å². The Kier molecular flexibility index (Phi) is 20.0. The molecule has 0 amide bonds. The molecule has 0 aromatic rings. The summed E-state index contributed by atoms with van der Waals surface area (Å²) >= 11 is 0. The van der Waals surface area contributed by atoms with E-state index in [0.717, 1.165) is 13.7 Å². The van der Waals surface area contributed by atoms with Crippen LogP contribution in [0.3, 0.4) is 0 Å². The third kappa shape index (κ3) is 24.3. The van der Waals surface area contributed by atoms with Gasteiger partial charge in [-0.05, 0) is 13.0 Å². The van der Waals surface area contributed by atoms with Crippen LogP contribution in [0.4, 0.5) is 0 Å². The second-order valence-corrected chi connectivity index (χ2v) is 5.12. The number of esters is 1. The summed E-state index contributed by atoms with van der Waals surface area (Å²) < 4.78 is 4.04. The van der Waals surface area contributed by atoms with E-state index in [1.807, 2.05) is 0 Å². The highest BCUT2D eigenvalue weighted by molar-refractivity contribution is 5.89. The monoisotopic (exact) mass is 303 g/mol. The molecule has 0 spiro atoms. The normalized spacial score (nSPS) is 9.67. The van der Waals surface area contributed by atoms with E-state index in [1.54, 1.807) is 0 Å². The van der Waals surface area contributed by atoms with Crippen molar-refractivity contribution in [3.8, 4) is 0 Å². The smallest absolute Gasteiger partial charge is 0.316 e. The highest BCUT2D eigenvalue weighted by Gasteiger charge is 2.04. The lowest BCUT2D eigenvalue weighted by atomic mass is 10.1. The molecule has 0 unspecified atom stereocenters. The van der Waals surface area contributed by atoms with Crippen molar-refractivity contribution in [2.75, 3.05) is 13.7 Å². The number of carboxylic acid groups (broad SMARTS) is 1. The van der Waals surface area contributed by atoms with Crippen LogP contribution in [0.25, 0.3) is 0 Å². The first-order valence-corrected chi connectivity index (χ1v) is 8.07. The molecule has 0 aromatic carbocycles. The van der Waals surface area contributed by atoms with Gasteiger partial charge in [-0.25, -0.2) is 0 Å². The predicted molar refractivity (Wildman–Crippen MR) is 85.2 cm³/mol. The van der Waals surface area contributed by atoms with Gasteiger partial charge >= 0.3 is 11.9 Å². The fourth-order valence-corrected chi connectivity index (χ4v) is 1.83. The fourth-order valence-electron chi connectivity index (χ4n) is 1.83. The maximum absolute atomic E-state index is 10.0. The summed E-state index contributed by atoms with van der Waals surface area (Å²) in [5.74, 6) is -1.89. The molecule has 0 aromatic heterocycles. The number of aliphatic carboxylic acids is 1. The summed E-state index contributed by atoms with van der Waals surface area (Å²) in [7, 11) is 1.14. The van der Waals surface area contributed by atoms with Gasteiger partial charge < -0.3 is 15.6 Å². The predicted octanol–water partition coefficient (Wildman–Crippen LogP) is 3.50. The molecule has 5 heteroatoms. The van der Waals surface area contributed by atoms with Crippen molar-refractivity contribution in [3.05, 3.63) is 0 Å². The van der Waals surface area contributed by atoms with Crippen LogP contribution in [-0.4, -0.2) is 30.7 Å². The molecule has 0 saturated heterocycles. The van der Waals surface area contributed by atoms with Crippen molar-refractivity contribution in [2.45, 2.75) is 77.6 Å². The van der Waals surface area contributed by atoms with Gasteiger partial charge in [0.25, 0.3) is 0 Å². The molecular weight excluding hydrogens is 270 g/mol. The largest absolute Gasteiger partial charge is 0.481 e. The lowest BCUT2D eigenvalue weighted by Crippen LogP contribution is -2.07. The Morgan fingerprint density at radius 3 is 1.62 bits per heavy atom. The quantitative estimate of drug-likeness (QED) is 0.327. The maximum atomic E-state index is 10.0. The molecule has 0 heterocycles. The van der Waals surface area contributed by atoms with Crippen LogP contribution in [-0.2, 0) is 14.3 Å². The number of hydrogen-bond acceptors (Lipinski definition) is 4. The van der Waals surface area contributed by atoms with Gasteiger partial charge in [-0.1, -0.05) is 64.7 Å². The Labute approximate surface area is 129 Å². The molecule has 0 rings (SSSR count). The number of nitrogens with two attached hydrogens (primary N) is 1. The molecule has 21 heavy (non-hydrogen) atoms. The van der Waals surface area contributed by atoms with Gasteiger partial charge in [0.05, 0.1) is 7.11 Å². The number of unbranched alkanes of at least 4 members (excludes halogenated alkanes) is 9. The summed E-state index contributed by atoms with van der Waals surface area (Å²) in [5.41, 5.74) is 5.42. The highest BCUT2D eigenvalue weighted by atomic mass is 16.5. The standard InChI is InChI=1S/C12H27N.C4H6O4/c1-2-3-4-5-6-7-8-9-10-11-12-13;1-8-4(7)2-3(5)6/h2-13H2,1H3;2H2,1H3,(H,5,6). The summed E-state index contributed by atoms with van der Waals surface area (Å²) in [6, 6.07) is 0. The van der Waals surface area contributed by atoms with E-state index in [4.69, 9.17) is 10.8 Å². The van der Waals surface area contributed by atoms with E-state index in [2.05, 4.69) is 11.7 Å². The van der Waals surface area contributed by atoms with Gasteiger partial charge in [0.1, 0.15) is 6.42 Å². The molecule has 3 N–H and O–H groups in total. The van der Waals surface area contributed by atoms with Crippen molar-refractivity contribution < 1.29 is 19.4 Å². The van der Waals surface area contributed by atoms with Crippen molar-refractivity contribution in [2.24, 2.45) is 5.73 Å². The van der Waals surface area contributed by atoms with Crippen molar-refractivity contribution in [1.29, 1.82) is 0 Å². The van der Waals surface area contributed by atoms with E-state index in [-0.39, 0.29) is 0 Å². The molecule has 0 aliphatic heterocycles. The highest BCUT2D eigenvalue weighted by Crippen LogP contribution is 2.09. The second-order valence-electron chi connectivity index (χ2n) is 5.12. The number of hydrogen-bond donors (Lipinski definition) is 2. The van der Waals surface area contributed by atoms with Crippen LogP contribution in [0.1, 0.15) is 77.6 Å². The average molecular weight is 303 g/mol. The summed E-state index contributed by atoms with van der Waals surface area (Å²) in [5, 5.41) is 7.91. The Balaban J connectivity index is 0. The first-order valence-electron chi connectivity index (χ1n) is 8.07. The minimum absolute atomic E-state index is 0.559. The average Bonchev–Trinajstić information content (AvgIpc) is 2.45. The van der Waals surface area contributed by atoms with Crippen molar-refractivity contribution >= 4 is 11.9 Å². The fraction of sp³-hybridized carbons (Fsp3) is 0.875. The summed E-state index contributed by atoms with van der Waals surface area (Å²) in [4.78, 5) is 19.7. The third-order valence-electron chi connectivity index (χ3n) is 3.08. The third-order valence-corrected chi connectivity index (χ3v) is 3.08. The van der Waals surface area contributed by atoms with Crippen LogP contribution in [0, 0.1) is 0 Å². The van der Waals surface area contributed by atoms with E-state index in [9.17, 15) is 9.59 Å². The maximum Gasteiger partial charge on any atom is 0.316 e. The second kappa shape index (κ2) is 18.9. The molecule has 0 radical (unpaired) electrons. The number of carbonyl (C=O) groups is 2. The minimum Gasteiger partial charge on any atom is -0.481 e. The molecular formula is C16H33NO4. The van der Waals surface area contributed by atoms with Crippen LogP contribution < -0.4 is 5.73 Å². The molecule has 0 bridgehead atoms. The van der Waals surface area contributed by atoms with Crippen LogP contribution in [0.5, 0.6) is 0 Å². The summed E-state index contributed by atoms with van der Waals surface area (Å²) in [6.07, 6.45) is 13.4. The lowest BCUT2D eigenvalue weighted by molar-refractivity contribution is -0.149. The topological polar surface area (TPSA) is 89.6 Å². The van der Waals surface area contributed by atoms with Gasteiger partial charge in [0.15, 0.2) is 0 Å². The molecule has 0 saturated carbocycles. The zero-order valence-corrected chi connectivity index (χ0v) is 13.7. The number of ether oxygens (including phenoxy) is 1. The van der Waals surface area contributed by atoms with Crippen LogP contribution in [0.15, 0.2) is 0 Å². The van der Waals surface area contributed by atoms with Gasteiger partial charge in [0, 0.05) is 0 Å². The van der Waals surface area contributed by atoms with Crippen molar-refractivity contribution in [1.82, 2.24) is 0 Å². The molecule has 0 aliphatic rings. The number of carbonyl (C=O) groups excluding carboxylic acids is 1. The number of methoxy groups -OCH3 is 1. The Morgan fingerprint density at radius 1 is 0.905 bits per heavy atom. The van der Waals surface area contributed by atoms with Gasteiger partial charge in [-0.15, -0.1) is 0 Å². The summed E-state index contributed by atoms with van der Waals surface area (Å²) in [6.45, 7) is 3.14. The number of carboxylic acids is 1. The molecule has 0 atom stereocenters. The molecule has 126 valence electrons. The first kappa shape index (κ1) is 22.2. The Morgan fingerprint density at radius 2 is 1.33 bits per heavy atom. The minimum atomic E-state index is -1.17. The Hall–Kier alpha value is -1.10. The lowest BCUT2D eigenvalue weighted by Gasteiger charge is -2.00. The SMILES string of the molecule is CCCCCCCCCCCCN.COC(=O)CC(=O)O. The Bertz CT molecular complexity index is 234. The molecule has 0 fully saturated rings. The van der Waals surface area contributed by atoms with E-state index < -0.39 is 18.4 Å². The molecule has 5 nitrogen and oxygen atoms in total. The van der Waals surface area contributed by atoms with Crippen LogP contribution >= 0.6 is 0 Å². The molecule has 0 aliphatic carbocycles. The van der Waals surface area contributed by atoms with Gasteiger partial charge in [0.2, 0.25) is 0 Å². The number of rotatable bonds is 12. The van der Waals surface area contributed by atoms with Crippen molar-refractivity contribution in [3.63, 3.8) is 0 Å². The van der Waals surface area contributed by atoms with Gasteiger partial charge in [-0.3, -0.25) is 9.59 Å². The zero-order chi connectivity index (χ0) is 16.3. The zero-order valence-electron chi connectivity index (χ0n) is 13.7. The van der Waals surface area contributed by atoms with E-state index in [0.29, 0.717) is 0 Å². The van der Waals surface area contributed by atoms with E-state index in [1.165, 1.54) is 64.2 Å².